The Morgan fingerprint density at radius 2 is 1.40 bits per heavy atom. The molecule has 114 valence electrons. The molecule has 0 heterocycles. The number of unbranched alkanes of at least 4 members (excludes halogenated alkanes) is 3. The second-order valence-corrected chi connectivity index (χ2v) is 7.45. The third-order valence-corrected chi connectivity index (χ3v) is 5.37. The molecule has 0 bridgehead atoms. The van der Waals surface area contributed by atoms with Crippen molar-refractivity contribution < 1.29 is 0 Å². The van der Waals surface area contributed by atoms with Gasteiger partial charge in [-0.2, -0.15) is 0 Å². The molecule has 0 saturated carbocycles. The van der Waals surface area contributed by atoms with Gasteiger partial charge in [0.15, 0.2) is 0 Å². The highest BCUT2D eigenvalue weighted by molar-refractivity contribution is 9.09. The maximum Gasteiger partial charge on any atom is 0.0508 e. The first-order valence-electron chi connectivity index (χ1n) is 8.45. The van der Waals surface area contributed by atoms with Crippen molar-refractivity contribution in [2.24, 2.45) is 0 Å². The first-order chi connectivity index (χ1) is 9.68. The van der Waals surface area contributed by atoms with E-state index in [2.05, 4.69) is 61.0 Å². The third-order valence-electron chi connectivity index (χ3n) is 4.15. The van der Waals surface area contributed by atoms with Crippen molar-refractivity contribution >= 4 is 15.9 Å². The lowest BCUT2D eigenvalue weighted by Gasteiger charge is -2.30. The van der Waals surface area contributed by atoms with Crippen molar-refractivity contribution in [3.8, 4) is 0 Å². The highest BCUT2D eigenvalue weighted by Gasteiger charge is 2.29. The molecule has 0 aliphatic rings. The largest absolute Gasteiger partial charge is 0.0801 e. The topological polar surface area (TPSA) is 0 Å². The molecule has 0 unspecified atom stereocenters. The molecule has 1 rings (SSSR count). The average molecular weight is 339 g/mol. The normalized spacial score (nSPS) is 11.8. The number of halogens is 1. The maximum atomic E-state index is 4.14. The molecule has 0 radical (unpaired) electrons. The number of benzene rings is 1. The Morgan fingerprint density at radius 3 is 1.95 bits per heavy atom. The lowest BCUT2D eigenvalue weighted by molar-refractivity contribution is 0.487. The fraction of sp³-hybridized carbons (Fsp3) is 0.684. The molecule has 0 fully saturated rings. The van der Waals surface area contributed by atoms with Crippen LogP contribution in [0.5, 0.6) is 0 Å². The van der Waals surface area contributed by atoms with Gasteiger partial charge in [0.05, 0.1) is 4.32 Å². The number of hydrogen-bond donors (Lipinski definition) is 0. The van der Waals surface area contributed by atoms with Crippen molar-refractivity contribution in [3.05, 3.63) is 35.4 Å². The predicted molar refractivity (Wildman–Crippen MR) is 94.7 cm³/mol. The van der Waals surface area contributed by atoms with Crippen molar-refractivity contribution in [1.29, 1.82) is 0 Å². The van der Waals surface area contributed by atoms with Gasteiger partial charge in [0.1, 0.15) is 0 Å². The van der Waals surface area contributed by atoms with Gasteiger partial charge < -0.3 is 0 Å². The van der Waals surface area contributed by atoms with Crippen LogP contribution in [-0.4, -0.2) is 0 Å². The van der Waals surface area contributed by atoms with E-state index in [9.17, 15) is 0 Å². The Bertz CT molecular complexity index is 362. The highest BCUT2D eigenvalue weighted by atomic mass is 79.9. The molecule has 0 aromatic heterocycles. The Balaban J connectivity index is 2.98. The van der Waals surface area contributed by atoms with E-state index >= 15 is 0 Å². The van der Waals surface area contributed by atoms with Gasteiger partial charge >= 0.3 is 0 Å². The summed E-state index contributed by atoms with van der Waals surface area (Å²) in [7, 11) is 0. The number of hydrogen-bond acceptors (Lipinski definition) is 0. The lowest BCUT2D eigenvalue weighted by Crippen LogP contribution is -2.20. The Morgan fingerprint density at radius 1 is 0.850 bits per heavy atom. The zero-order valence-electron chi connectivity index (χ0n) is 13.6. The van der Waals surface area contributed by atoms with Crippen molar-refractivity contribution in [1.82, 2.24) is 0 Å². The van der Waals surface area contributed by atoms with Gasteiger partial charge in [-0.25, -0.2) is 0 Å². The lowest BCUT2D eigenvalue weighted by atomic mass is 9.84. The summed E-state index contributed by atoms with van der Waals surface area (Å²) in [6, 6.07) is 9.09. The molecule has 0 spiro atoms. The first-order valence-corrected chi connectivity index (χ1v) is 9.24. The van der Waals surface area contributed by atoms with Crippen LogP contribution in [0.1, 0.15) is 83.3 Å². The summed E-state index contributed by atoms with van der Waals surface area (Å²) in [4.78, 5) is 0. The van der Waals surface area contributed by atoms with Gasteiger partial charge in [0.25, 0.3) is 0 Å². The second-order valence-electron chi connectivity index (χ2n) is 5.93. The summed E-state index contributed by atoms with van der Waals surface area (Å²) in [6.07, 6.45) is 11.5. The van der Waals surface area contributed by atoms with Gasteiger partial charge in [-0.3, -0.25) is 0 Å². The molecule has 0 nitrogen and oxygen atoms in total. The molecule has 0 aliphatic heterocycles. The van der Waals surface area contributed by atoms with E-state index in [0.717, 1.165) is 0 Å². The van der Waals surface area contributed by atoms with E-state index in [-0.39, 0.29) is 4.32 Å². The Labute approximate surface area is 134 Å². The van der Waals surface area contributed by atoms with Crippen LogP contribution in [0, 0.1) is 0 Å². The molecule has 0 atom stereocenters. The summed E-state index contributed by atoms with van der Waals surface area (Å²) >= 11 is 4.14. The standard InChI is InChI=1S/C19H31Br/c1-4-7-12-17-13-10-11-14-18(17)19(20,15-8-5-2)16-9-6-3/h10-11,13-14H,4-9,12,15-16H2,1-3H3. The minimum absolute atomic E-state index is 0.198. The van der Waals surface area contributed by atoms with Gasteiger partial charge in [-0.05, 0) is 36.8 Å². The molecular weight excluding hydrogens is 308 g/mol. The minimum Gasteiger partial charge on any atom is -0.0801 e. The average Bonchev–Trinajstić information content (AvgIpc) is 2.49. The van der Waals surface area contributed by atoms with E-state index < -0.39 is 0 Å². The Kier molecular flexibility index (Phi) is 8.52. The SMILES string of the molecule is CCCCc1ccccc1C(Br)(CCCC)CCCC. The van der Waals surface area contributed by atoms with Gasteiger partial charge in [0.2, 0.25) is 0 Å². The number of aryl methyl sites for hydroxylation is 1. The van der Waals surface area contributed by atoms with Gasteiger partial charge in [-0.15, -0.1) is 0 Å². The predicted octanol–water partition coefficient (Wildman–Crippen LogP) is 7.00. The van der Waals surface area contributed by atoms with Crippen molar-refractivity contribution in [3.63, 3.8) is 0 Å². The van der Waals surface area contributed by atoms with Gasteiger partial charge in [-0.1, -0.05) is 93.1 Å². The van der Waals surface area contributed by atoms with E-state index in [0.29, 0.717) is 0 Å². The van der Waals surface area contributed by atoms with Crippen LogP contribution in [0.2, 0.25) is 0 Å². The van der Waals surface area contributed by atoms with Crippen LogP contribution in [0.3, 0.4) is 0 Å². The van der Waals surface area contributed by atoms with Crippen molar-refractivity contribution in [2.75, 3.05) is 0 Å². The van der Waals surface area contributed by atoms with E-state index in [1.54, 1.807) is 11.1 Å². The van der Waals surface area contributed by atoms with E-state index in [4.69, 9.17) is 0 Å². The van der Waals surface area contributed by atoms with Crippen LogP contribution in [0.15, 0.2) is 24.3 Å². The minimum atomic E-state index is 0.198. The fourth-order valence-corrected chi connectivity index (χ4v) is 3.80. The smallest absolute Gasteiger partial charge is 0.0508 e. The van der Waals surface area contributed by atoms with Crippen LogP contribution in [-0.2, 0) is 10.7 Å². The molecule has 0 saturated heterocycles. The summed E-state index contributed by atoms with van der Waals surface area (Å²) in [6.45, 7) is 6.85. The zero-order valence-corrected chi connectivity index (χ0v) is 15.1. The van der Waals surface area contributed by atoms with Crippen molar-refractivity contribution in [2.45, 2.75) is 82.9 Å². The maximum absolute atomic E-state index is 4.14. The monoisotopic (exact) mass is 338 g/mol. The summed E-state index contributed by atoms with van der Waals surface area (Å²) < 4.78 is 0.198. The van der Waals surface area contributed by atoms with E-state index in [1.165, 1.54) is 57.8 Å². The van der Waals surface area contributed by atoms with Crippen LogP contribution in [0.25, 0.3) is 0 Å². The molecule has 1 heteroatoms. The van der Waals surface area contributed by atoms with Gasteiger partial charge in [0, 0.05) is 0 Å². The second kappa shape index (κ2) is 9.60. The molecule has 1 aromatic carbocycles. The molecule has 0 N–H and O–H groups in total. The molecular formula is C19H31Br. The zero-order chi connectivity index (χ0) is 14.8. The number of alkyl halides is 1. The third kappa shape index (κ3) is 5.24. The highest BCUT2D eigenvalue weighted by Crippen LogP contribution is 2.43. The summed E-state index contributed by atoms with van der Waals surface area (Å²) in [5.74, 6) is 0. The first kappa shape index (κ1) is 17.8. The molecule has 1 aromatic rings. The fourth-order valence-electron chi connectivity index (χ4n) is 2.85. The quantitative estimate of drug-likeness (QED) is 0.403. The molecule has 20 heavy (non-hydrogen) atoms. The number of rotatable bonds is 10. The molecule has 0 amide bonds. The van der Waals surface area contributed by atoms with Crippen LogP contribution in [0.4, 0.5) is 0 Å². The summed E-state index contributed by atoms with van der Waals surface area (Å²) in [5, 5.41) is 0. The van der Waals surface area contributed by atoms with Crippen LogP contribution >= 0.6 is 15.9 Å². The van der Waals surface area contributed by atoms with E-state index in [1.807, 2.05) is 0 Å². The Hall–Kier alpha value is -0.300. The molecule has 0 aliphatic carbocycles. The van der Waals surface area contributed by atoms with Crippen LogP contribution < -0.4 is 0 Å². The summed E-state index contributed by atoms with van der Waals surface area (Å²) in [5.41, 5.74) is 3.11.